The molecule has 3 heterocycles. The highest BCUT2D eigenvalue weighted by atomic mass is 32.1. The normalized spacial score (nSPS) is 15.0. The molecule has 1 aliphatic rings. The van der Waals surface area contributed by atoms with Crippen molar-refractivity contribution in [3.05, 3.63) is 41.7 Å². The summed E-state index contributed by atoms with van der Waals surface area (Å²) in [6.45, 7) is 2.87. The first-order chi connectivity index (χ1) is 11.8. The molecule has 0 radical (unpaired) electrons. The summed E-state index contributed by atoms with van der Waals surface area (Å²) in [5.41, 5.74) is 3.24. The van der Waals surface area contributed by atoms with Crippen LogP contribution in [0.25, 0.3) is 4.96 Å². The second-order valence-corrected chi connectivity index (χ2v) is 6.35. The summed E-state index contributed by atoms with van der Waals surface area (Å²) in [7, 11) is 1.68. The molecule has 8 heteroatoms. The predicted molar refractivity (Wildman–Crippen MR) is 92.0 cm³/mol. The molecule has 24 heavy (non-hydrogen) atoms. The molecule has 124 valence electrons. The maximum atomic E-state index is 12.6. The Balaban J connectivity index is 1.45. The minimum absolute atomic E-state index is 0.0348. The molecule has 0 N–H and O–H groups in total. The van der Waals surface area contributed by atoms with E-state index in [4.69, 9.17) is 4.74 Å². The van der Waals surface area contributed by atoms with Gasteiger partial charge in [-0.15, -0.1) is 0 Å². The molecule has 2 aromatic heterocycles. The molecule has 0 atom stereocenters. The Hall–Kier alpha value is -2.61. The van der Waals surface area contributed by atoms with E-state index in [2.05, 4.69) is 15.0 Å². The van der Waals surface area contributed by atoms with Crippen LogP contribution >= 0.6 is 11.3 Å². The van der Waals surface area contributed by atoms with E-state index in [9.17, 15) is 4.79 Å². The number of piperazine rings is 1. The molecule has 1 amide bonds. The van der Waals surface area contributed by atoms with Crippen molar-refractivity contribution < 1.29 is 9.53 Å². The van der Waals surface area contributed by atoms with Gasteiger partial charge >= 0.3 is 0 Å². The zero-order valence-electron chi connectivity index (χ0n) is 13.3. The van der Waals surface area contributed by atoms with Gasteiger partial charge in [-0.1, -0.05) is 23.5 Å². The molecule has 0 aliphatic carbocycles. The Bertz CT molecular complexity index is 838. The topological polar surface area (TPSA) is 63.0 Å². The number of benzene rings is 1. The van der Waals surface area contributed by atoms with Crippen LogP contribution in [0.5, 0.6) is 5.75 Å². The van der Waals surface area contributed by atoms with E-state index in [0.717, 1.165) is 29.5 Å². The Morgan fingerprint density at radius 1 is 1.21 bits per heavy atom. The first-order valence-electron chi connectivity index (χ1n) is 7.72. The maximum Gasteiger partial charge on any atom is 0.274 e. The molecule has 0 unspecified atom stereocenters. The SMILES string of the molecule is COc1ccccc1N1CCN(C(=O)c2cn3ncsc3n2)CC1. The Morgan fingerprint density at radius 2 is 2.00 bits per heavy atom. The monoisotopic (exact) mass is 343 g/mol. The molecule has 1 aromatic carbocycles. The van der Waals surface area contributed by atoms with Gasteiger partial charge in [0.1, 0.15) is 17.0 Å². The molecule has 3 aromatic rings. The van der Waals surface area contributed by atoms with Gasteiger partial charge in [-0.05, 0) is 12.1 Å². The van der Waals surface area contributed by atoms with Crippen LogP contribution in [-0.2, 0) is 0 Å². The lowest BCUT2D eigenvalue weighted by Crippen LogP contribution is -2.49. The lowest BCUT2D eigenvalue weighted by molar-refractivity contribution is 0.0741. The largest absolute Gasteiger partial charge is 0.495 e. The van der Waals surface area contributed by atoms with E-state index in [1.54, 1.807) is 23.3 Å². The zero-order chi connectivity index (χ0) is 16.5. The van der Waals surface area contributed by atoms with Gasteiger partial charge in [-0.3, -0.25) is 4.79 Å². The van der Waals surface area contributed by atoms with E-state index in [1.165, 1.54) is 11.3 Å². The van der Waals surface area contributed by atoms with Gasteiger partial charge in [0.15, 0.2) is 0 Å². The average Bonchev–Trinajstić information content (AvgIpc) is 3.23. The van der Waals surface area contributed by atoms with Crippen molar-refractivity contribution in [3.8, 4) is 5.75 Å². The average molecular weight is 343 g/mol. The number of rotatable bonds is 3. The molecule has 0 spiro atoms. The van der Waals surface area contributed by atoms with Crippen molar-refractivity contribution in [1.29, 1.82) is 0 Å². The van der Waals surface area contributed by atoms with Gasteiger partial charge in [0.2, 0.25) is 4.96 Å². The second kappa shape index (κ2) is 6.12. The smallest absolute Gasteiger partial charge is 0.274 e. The molecule has 7 nitrogen and oxygen atoms in total. The summed E-state index contributed by atoms with van der Waals surface area (Å²) >= 11 is 1.42. The summed E-state index contributed by atoms with van der Waals surface area (Å²) in [5, 5.41) is 4.12. The third kappa shape index (κ3) is 2.58. The molecule has 1 aliphatic heterocycles. The van der Waals surface area contributed by atoms with Crippen LogP contribution in [0.15, 0.2) is 36.0 Å². The highest BCUT2D eigenvalue weighted by Gasteiger charge is 2.25. The first-order valence-corrected chi connectivity index (χ1v) is 8.60. The highest BCUT2D eigenvalue weighted by Crippen LogP contribution is 2.28. The number of ether oxygens (including phenoxy) is 1. The fourth-order valence-electron chi connectivity index (χ4n) is 2.95. The molecular formula is C16H17N5O2S. The molecular weight excluding hydrogens is 326 g/mol. The van der Waals surface area contributed by atoms with Crippen LogP contribution in [0.3, 0.4) is 0 Å². The van der Waals surface area contributed by atoms with Gasteiger partial charge in [-0.25, -0.2) is 9.50 Å². The van der Waals surface area contributed by atoms with Crippen molar-refractivity contribution in [2.45, 2.75) is 0 Å². The number of imidazole rings is 1. The summed E-state index contributed by atoms with van der Waals surface area (Å²) in [4.78, 5) is 21.8. The van der Waals surface area contributed by atoms with E-state index in [0.29, 0.717) is 18.8 Å². The second-order valence-electron chi connectivity index (χ2n) is 5.54. The van der Waals surface area contributed by atoms with E-state index < -0.39 is 0 Å². The van der Waals surface area contributed by atoms with Crippen molar-refractivity contribution in [2.24, 2.45) is 0 Å². The quantitative estimate of drug-likeness (QED) is 0.725. The minimum Gasteiger partial charge on any atom is -0.495 e. The number of carbonyl (C=O) groups is 1. The number of anilines is 1. The van der Waals surface area contributed by atoms with Crippen LogP contribution in [0.4, 0.5) is 5.69 Å². The van der Waals surface area contributed by atoms with Crippen molar-refractivity contribution >= 4 is 27.9 Å². The van der Waals surface area contributed by atoms with E-state index in [1.807, 2.05) is 29.2 Å². The fourth-order valence-corrected chi connectivity index (χ4v) is 3.55. The number of hydrogen-bond acceptors (Lipinski definition) is 6. The summed E-state index contributed by atoms with van der Waals surface area (Å²) in [5.74, 6) is 0.824. The van der Waals surface area contributed by atoms with Crippen LogP contribution in [0, 0.1) is 0 Å². The number of hydrogen-bond donors (Lipinski definition) is 0. The number of aromatic nitrogens is 3. The van der Waals surface area contributed by atoms with Crippen LogP contribution < -0.4 is 9.64 Å². The number of methoxy groups -OCH3 is 1. The first kappa shape index (κ1) is 14.9. The molecule has 1 saturated heterocycles. The van der Waals surface area contributed by atoms with Crippen molar-refractivity contribution in [2.75, 3.05) is 38.2 Å². The summed E-state index contributed by atoms with van der Waals surface area (Å²) in [6.07, 6.45) is 1.70. The summed E-state index contributed by atoms with van der Waals surface area (Å²) < 4.78 is 7.07. The number of para-hydroxylation sites is 2. The number of fused-ring (bicyclic) bond motifs is 1. The van der Waals surface area contributed by atoms with Gasteiger partial charge in [0.25, 0.3) is 5.91 Å². The molecule has 0 saturated carbocycles. The number of nitrogens with zero attached hydrogens (tertiary/aromatic N) is 5. The molecule has 4 rings (SSSR count). The van der Waals surface area contributed by atoms with Crippen molar-refractivity contribution in [3.63, 3.8) is 0 Å². The predicted octanol–water partition coefficient (Wildman–Crippen LogP) is 1.76. The van der Waals surface area contributed by atoms with Gasteiger partial charge in [-0.2, -0.15) is 5.10 Å². The molecule has 0 bridgehead atoms. The van der Waals surface area contributed by atoms with Gasteiger partial charge in [0.05, 0.1) is 19.0 Å². The van der Waals surface area contributed by atoms with Gasteiger partial charge in [0, 0.05) is 26.2 Å². The third-order valence-corrected chi connectivity index (χ3v) is 4.89. The molecule has 1 fully saturated rings. The van der Waals surface area contributed by atoms with Crippen molar-refractivity contribution in [1.82, 2.24) is 19.5 Å². The Kier molecular flexibility index (Phi) is 3.81. The highest BCUT2D eigenvalue weighted by molar-refractivity contribution is 7.14. The maximum absolute atomic E-state index is 12.6. The Morgan fingerprint density at radius 3 is 2.75 bits per heavy atom. The van der Waals surface area contributed by atoms with Crippen LogP contribution in [-0.4, -0.2) is 58.7 Å². The lowest BCUT2D eigenvalue weighted by Gasteiger charge is -2.36. The van der Waals surface area contributed by atoms with Crippen LogP contribution in [0.1, 0.15) is 10.5 Å². The number of amides is 1. The lowest BCUT2D eigenvalue weighted by atomic mass is 10.2. The standard InChI is InChI=1S/C16H17N5O2S/c1-23-14-5-3-2-4-13(14)19-6-8-20(9-7-19)15(22)12-10-21-16(18-12)24-11-17-21/h2-5,10-11H,6-9H2,1H3. The number of carbonyl (C=O) groups excluding carboxylic acids is 1. The fraction of sp³-hybridized carbons (Fsp3) is 0.312. The minimum atomic E-state index is -0.0348. The van der Waals surface area contributed by atoms with Crippen LogP contribution in [0.2, 0.25) is 0 Å². The Labute approximate surface area is 143 Å². The summed E-state index contributed by atoms with van der Waals surface area (Å²) in [6, 6.07) is 7.96. The van der Waals surface area contributed by atoms with E-state index >= 15 is 0 Å². The van der Waals surface area contributed by atoms with Gasteiger partial charge < -0.3 is 14.5 Å². The van der Waals surface area contributed by atoms with E-state index in [-0.39, 0.29) is 5.91 Å². The zero-order valence-corrected chi connectivity index (χ0v) is 14.1. The third-order valence-electron chi connectivity index (χ3n) is 4.20.